The molecule has 0 spiro atoms. The second-order valence-corrected chi connectivity index (χ2v) is 38.3. The average molecular weight is 2210 g/mol. The number of alkyl halides is 3. The first-order chi connectivity index (χ1) is 63.0. The van der Waals surface area contributed by atoms with Gasteiger partial charge in [-0.25, -0.2) is 4.98 Å². The second-order valence-electron chi connectivity index (χ2n) is 28.7. The number of aromatic amines is 1. The van der Waals surface area contributed by atoms with E-state index in [0.29, 0.717) is 65.3 Å². The molecular weight excluding hydrogens is 2070 g/mol. The molecule has 3 aromatic carbocycles. The minimum absolute atomic E-state index is 0. The molecule has 7 aromatic heterocycles. The Balaban J connectivity index is -0.000000351. The molecule has 10 aromatic rings. The molecule has 23 nitrogen and oxygen atoms in total. The van der Waals surface area contributed by atoms with Crippen molar-refractivity contribution in [3.63, 3.8) is 0 Å². The van der Waals surface area contributed by atoms with Crippen molar-refractivity contribution in [3.8, 4) is 11.3 Å². The number of halogens is 6. The Morgan fingerprint density at radius 1 is 0.474 bits per heavy atom. The van der Waals surface area contributed by atoms with Crippen LogP contribution >= 0.6 is 91.3 Å². The van der Waals surface area contributed by atoms with Gasteiger partial charge in [0.05, 0.1) is 71.2 Å². The van der Waals surface area contributed by atoms with Crippen molar-refractivity contribution in [1.29, 1.82) is 0 Å². The van der Waals surface area contributed by atoms with Crippen LogP contribution in [0.5, 0.6) is 0 Å². The van der Waals surface area contributed by atoms with E-state index in [0.717, 1.165) is 107 Å². The minimum atomic E-state index is -0.878. The summed E-state index contributed by atoms with van der Waals surface area (Å²) in [5.74, 6) is -3.27. The topological polar surface area (TPSA) is 368 Å². The Morgan fingerprint density at radius 3 is 1.19 bits per heavy atom. The van der Waals surface area contributed by atoms with Gasteiger partial charge in [0.15, 0.2) is 12.4 Å². The first-order valence-corrected chi connectivity index (χ1v) is 52.0. The van der Waals surface area contributed by atoms with Gasteiger partial charge in [0.1, 0.15) is 29.6 Å². The fraction of sp³-hybridized carbons (Fsp3) is 0.346. The van der Waals surface area contributed by atoms with Gasteiger partial charge >= 0.3 is 42.7 Å². The van der Waals surface area contributed by atoms with Crippen molar-refractivity contribution in [2.24, 2.45) is 0 Å². The summed E-state index contributed by atoms with van der Waals surface area (Å²) in [4.78, 5) is 112. The zero-order valence-electron chi connectivity index (χ0n) is 82.3. The number of aryl methyl sites for hydroxylation is 7. The first-order valence-electron chi connectivity index (χ1n) is 43.1. The summed E-state index contributed by atoms with van der Waals surface area (Å²) in [7, 11) is -0.878. The number of hydrogen-bond acceptors (Lipinski definition) is 20. The molecule has 0 bridgehead atoms. The number of nitrogens with zero attached hydrogens (tertiary/aromatic N) is 7. The van der Waals surface area contributed by atoms with E-state index in [1.165, 1.54) is 11.6 Å². The zero-order chi connectivity index (χ0) is 101. The minimum Gasteiger partial charge on any atom is -0.870 e. The molecule has 0 aliphatic heterocycles. The number of hydrogen-bond donors (Lipinski definition) is 4. The molecule has 0 aliphatic carbocycles. The number of carboxylic acids is 2. The fourth-order valence-corrected chi connectivity index (χ4v) is 12.8. The number of ether oxygens (including phenoxy) is 4. The average Bonchev–Trinajstić information content (AvgIpc) is 1.70. The van der Waals surface area contributed by atoms with Crippen LogP contribution in [-0.4, -0.2) is 148 Å². The summed E-state index contributed by atoms with van der Waals surface area (Å²) in [6.07, 6.45) is 23.6. The van der Waals surface area contributed by atoms with E-state index < -0.39 is 37.8 Å². The number of carbonyl (C=O) groups excluding carboxylic acids is 5. The maximum atomic E-state index is 12.4. The molecule has 0 fully saturated rings. The zero-order valence-corrected chi connectivity index (χ0v) is 91.9. The van der Waals surface area contributed by atoms with Gasteiger partial charge in [0.2, 0.25) is 5.78 Å². The summed E-state index contributed by atoms with van der Waals surface area (Å²) in [5.41, 5.74) is 14.6. The van der Waals surface area contributed by atoms with Crippen LogP contribution in [0.15, 0.2) is 266 Å². The Bertz CT molecular complexity index is 4900. The standard InChI is InChI=1S/C19H18BrN3.C19H18BrNO3.C13H17NO2.C11H13NO2.C10H13NO2.C8H6Br2O.C7H9N.C6H15ClOSi.C3H5Br.C2H4O2.3C2H6.Li.H3N.H2O/c1-3-6-15(17-10-9-13(2)11-21-17)19-22-12-18(23-19)14-7-4-5-8-16(14)20;1-3-6-15(17-10-9-13(2)11-21-17)19(23)24-12-18(22)14-7-4-5-8-16(14)20;1-4-6-11(13(15)16-5-2)12-8-7-10(3)9-14-12;1-3-4-9(11(13)14)10-6-5-8(2)7-12-10;1-3-13-10(12)6-9-5-4-8(2)7-11-9;9-5-8(11)6-3-1-2-4-7(6)10;1-6-3-4-7(2)8-5-6;1-9(2,3)5-4-8-6-7;1-2-3-4;1-2(3)4;3*1-2;;;/h3-5,7-12,15H,1,6H2,2H3,(H,22,23);3-5,7-11,15H,1,6,12H2,2H3;4,7-9,11H,1,5-6H2,2-3H3;3,5-7,9H,1,4H2,2H3,(H,13,14);4-5,7H,3,6H2,1-2H3;1-4H,5H2;3-5H,1-2H3;4-6H2,1-3H3;2H,1,3H2;1H3,(H,3,4);3*1-2H3;;1H3;1H2/q;;;;;;;;;;;;;+1;;/p-1. The summed E-state index contributed by atoms with van der Waals surface area (Å²) in [5, 5.41) is 17.6. The van der Waals surface area contributed by atoms with Crippen LogP contribution in [0.25, 0.3) is 11.3 Å². The molecule has 0 saturated heterocycles. The number of esters is 3. The third kappa shape index (κ3) is 62.8. The number of pyridine rings is 6. The molecule has 135 heavy (non-hydrogen) atoms. The SMILES string of the molecule is C=CCBr.C=CCC(C(=O)O)c1ccc(C)cn1.C=CCC(C(=O)OCC(=O)c1ccccc1Br)c1ccc(C)cn1.C=CCC(C(=O)OCC)c1ccc(C)cn1.C=CCC(c1ccc(C)cn1)c1ncc(-c2ccccc2Br)[nH]1.CC.CC.CC.CC(=O)O.CCOC(=O)Cc1ccc(C)cn1.C[Si](C)(C)CCOCCl.Cc1ccc(C)nc1.N.O=C(CBr)c1ccccc1Br.[Li+].[OH-]. The van der Waals surface area contributed by atoms with Crippen LogP contribution < -0.4 is 25.0 Å². The number of nitrogens with one attached hydrogen (secondary N) is 1. The summed E-state index contributed by atoms with van der Waals surface area (Å²) in [6.45, 7) is 57.0. The number of ketones is 2. The maximum Gasteiger partial charge on any atom is 1.00 e. The van der Waals surface area contributed by atoms with E-state index in [4.69, 9.17) is 45.6 Å². The largest absolute Gasteiger partial charge is 1.00 e. The Hall–Kier alpha value is -9.46. The van der Waals surface area contributed by atoms with Crippen LogP contribution in [0.1, 0.15) is 206 Å². The number of rotatable bonds is 31. The van der Waals surface area contributed by atoms with Crippen LogP contribution in [0.3, 0.4) is 0 Å². The number of imidazole rings is 1. The molecule has 10 rings (SSSR count). The Morgan fingerprint density at radius 2 is 0.844 bits per heavy atom. The van der Waals surface area contributed by atoms with Crippen molar-refractivity contribution in [3.05, 3.63) is 350 Å². The number of carboxylic acid groups (broad SMARTS) is 2. The summed E-state index contributed by atoms with van der Waals surface area (Å²) in [6, 6.07) is 47.1. The molecule has 0 radical (unpaired) electrons. The molecule has 0 saturated carbocycles. The summed E-state index contributed by atoms with van der Waals surface area (Å²) >= 11 is 21.8. The van der Waals surface area contributed by atoms with E-state index in [2.05, 4.69) is 196 Å². The Kier molecular flexibility index (Phi) is 84.7. The van der Waals surface area contributed by atoms with Crippen molar-refractivity contribution >= 4 is 141 Å². The first kappa shape index (κ1) is 136. The predicted octanol–water partition coefficient (Wildman–Crippen LogP) is 24.7. The van der Waals surface area contributed by atoms with Crippen molar-refractivity contribution in [1.82, 2.24) is 46.0 Å². The van der Waals surface area contributed by atoms with E-state index in [1.807, 2.05) is 200 Å². The van der Waals surface area contributed by atoms with Gasteiger partial charge < -0.3 is 45.8 Å². The monoisotopic (exact) mass is 2200 g/mol. The molecule has 4 atom stereocenters. The number of Topliss-reactive ketones (excluding diaryl/α,β-unsaturated/α-hetero) is 2. The van der Waals surface area contributed by atoms with Crippen molar-refractivity contribution in [2.75, 3.05) is 43.2 Å². The van der Waals surface area contributed by atoms with Gasteiger partial charge in [-0.15, -0.1) is 32.9 Å². The molecule has 7 heterocycles. The fourth-order valence-electron chi connectivity index (χ4n) is 10.1. The molecule has 7 N–H and O–H groups in total. The normalized spacial score (nSPS) is 10.3. The van der Waals surface area contributed by atoms with Crippen LogP contribution in [-0.2, 0) is 49.3 Å². The van der Waals surface area contributed by atoms with Crippen LogP contribution in [0.4, 0.5) is 0 Å². The van der Waals surface area contributed by atoms with Gasteiger partial charge in [-0.1, -0.05) is 274 Å². The van der Waals surface area contributed by atoms with Gasteiger partial charge in [-0.05, 0) is 182 Å². The molecule has 0 amide bonds. The Labute approximate surface area is 863 Å². The van der Waals surface area contributed by atoms with Gasteiger partial charge in [0, 0.05) is 99.9 Å². The maximum absolute atomic E-state index is 12.4. The van der Waals surface area contributed by atoms with E-state index in [9.17, 15) is 28.8 Å². The van der Waals surface area contributed by atoms with Crippen molar-refractivity contribution in [2.45, 2.75) is 192 Å². The van der Waals surface area contributed by atoms with Gasteiger partial charge in [-0.3, -0.25) is 63.5 Å². The van der Waals surface area contributed by atoms with E-state index in [-0.39, 0.29) is 78.9 Å². The van der Waals surface area contributed by atoms with Gasteiger partial charge in [0.25, 0.3) is 5.97 Å². The number of aromatic nitrogens is 8. The molecule has 0 aliphatic rings. The molecular formula is C104H140Br5ClLiN9O14Si. The second kappa shape index (κ2) is 83.9. The third-order valence-corrected chi connectivity index (χ3v) is 21.6. The predicted molar refractivity (Wildman–Crippen MR) is 569 cm³/mol. The number of H-pyrrole nitrogens is 1. The van der Waals surface area contributed by atoms with Gasteiger partial charge in [-0.2, -0.15) is 0 Å². The molecule has 732 valence electrons. The smallest absolute Gasteiger partial charge is 0.870 e. The van der Waals surface area contributed by atoms with Crippen LogP contribution in [0, 0.1) is 48.5 Å². The van der Waals surface area contributed by atoms with Crippen LogP contribution in [0.2, 0.25) is 25.7 Å². The molecule has 4 unspecified atom stereocenters. The van der Waals surface area contributed by atoms with E-state index >= 15 is 0 Å². The molecule has 31 heteroatoms. The number of aliphatic carboxylic acids is 2. The number of carbonyl (C=O) groups is 7. The third-order valence-electron chi connectivity index (χ3n) is 16.7. The van der Waals surface area contributed by atoms with Crippen molar-refractivity contribution < 1.29 is 87.1 Å². The number of benzene rings is 3. The van der Waals surface area contributed by atoms with E-state index in [1.54, 1.807) is 99.3 Å². The quantitative estimate of drug-likeness (QED) is 0.00596. The number of allylic oxidation sites excluding steroid dienone is 5. The summed E-state index contributed by atoms with van der Waals surface area (Å²) < 4.78 is 22.6.